The molecule has 2 rings (SSSR count). The van der Waals surface area contributed by atoms with Crippen molar-refractivity contribution in [2.45, 2.75) is 32.1 Å². The van der Waals surface area contributed by atoms with Crippen LogP contribution < -0.4 is 0 Å². The van der Waals surface area contributed by atoms with Gasteiger partial charge in [-0.15, -0.1) is 0 Å². The number of carbonyl (C=O) groups is 3. The Bertz CT molecular complexity index is 633. The Balaban J connectivity index is 1.77. The number of hydrogen-bond acceptors (Lipinski definition) is 4. The summed E-state index contributed by atoms with van der Waals surface area (Å²) >= 11 is 0. The molecule has 0 N–H and O–H groups in total. The fraction of sp³-hybridized carbons (Fsp3) is 0.526. The molecular formula is C19H25FN2O4. The number of ether oxygens (including phenoxy) is 1. The maximum absolute atomic E-state index is 12.9. The third-order valence-corrected chi connectivity index (χ3v) is 4.51. The lowest BCUT2D eigenvalue weighted by Gasteiger charge is -2.22. The summed E-state index contributed by atoms with van der Waals surface area (Å²) in [5, 5.41) is 0. The van der Waals surface area contributed by atoms with Crippen LogP contribution in [0.5, 0.6) is 0 Å². The van der Waals surface area contributed by atoms with Gasteiger partial charge in [-0.25, -0.2) is 4.39 Å². The van der Waals surface area contributed by atoms with Crippen LogP contribution >= 0.6 is 0 Å². The maximum Gasteiger partial charge on any atom is 0.306 e. The Morgan fingerprint density at radius 3 is 2.08 bits per heavy atom. The summed E-state index contributed by atoms with van der Waals surface area (Å²) in [6, 6.07) is 6.16. The van der Waals surface area contributed by atoms with Gasteiger partial charge in [-0.3, -0.25) is 14.4 Å². The molecule has 0 aliphatic carbocycles. The second-order valence-electron chi connectivity index (χ2n) is 6.32. The van der Waals surface area contributed by atoms with E-state index in [-0.39, 0.29) is 30.5 Å². The Labute approximate surface area is 152 Å². The van der Waals surface area contributed by atoms with Crippen molar-refractivity contribution in [2.24, 2.45) is 0 Å². The SMILES string of the molecule is COC(=O)CCC(=O)N1CCCN(C(=O)CCc2ccc(F)cc2)CC1. The Morgan fingerprint density at radius 1 is 0.923 bits per heavy atom. The van der Waals surface area contributed by atoms with E-state index in [4.69, 9.17) is 0 Å². The summed E-state index contributed by atoms with van der Waals surface area (Å²) in [5.41, 5.74) is 0.925. The van der Waals surface area contributed by atoms with Crippen LogP contribution in [0.15, 0.2) is 24.3 Å². The number of methoxy groups -OCH3 is 1. The zero-order valence-electron chi connectivity index (χ0n) is 15.1. The molecule has 0 bridgehead atoms. The van der Waals surface area contributed by atoms with Gasteiger partial charge in [-0.05, 0) is 30.5 Å². The van der Waals surface area contributed by atoms with Crippen molar-refractivity contribution in [3.63, 3.8) is 0 Å². The molecule has 0 aromatic heterocycles. The fourth-order valence-electron chi connectivity index (χ4n) is 2.95. The molecule has 1 aliphatic rings. The lowest BCUT2D eigenvalue weighted by atomic mass is 10.1. The van der Waals surface area contributed by atoms with Gasteiger partial charge in [-0.2, -0.15) is 0 Å². The monoisotopic (exact) mass is 364 g/mol. The molecule has 0 atom stereocenters. The first-order valence-electron chi connectivity index (χ1n) is 8.86. The first-order chi connectivity index (χ1) is 12.5. The first-order valence-corrected chi connectivity index (χ1v) is 8.86. The highest BCUT2D eigenvalue weighted by Gasteiger charge is 2.22. The van der Waals surface area contributed by atoms with Gasteiger partial charge in [0.25, 0.3) is 0 Å². The third-order valence-electron chi connectivity index (χ3n) is 4.51. The van der Waals surface area contributed by atoms with Crippen molar-refractivity contribution in [1.29, 1.82) is 0 Å². The fourth-order valence-corrected chi connectivity index (χ4v) is 2.95. The number of amides is 2. The van der Waals surface area contributed by atoms with Crippen LogP contribution in [0.3, 0.4) is 0 Å². The molecule has 1 saturated heterocycles. The van der Waals surface area contributed by atoms with E-state index in [1.165, 1.54) is 19.2 Å². The maximum atomic E-state index is 12.9. The van der Waals surface area contributed by atoms with E-state index in [0.29, 0.717) is 45.4 Å². The number of benzene rings is 1. The average molecular weight is 364 g/mol. The summed E-state index contributed by atoms with van der Waals surface area (Å²) in [7, 11) is 1.30. The minimum Gasteiger partial charge on any atom is -0.469 e. The smallest absolute Gasteiger partial charge is 0.306 e. The molecule has 1 aliphatic heterocycles. The minimum absolute atomic E-state index is 0.0400. The van der Waals surface area contributed by atoms with Gasteiger partial charge < -0.3 is 14.5 Å². The van der Waals surface area contributed by atoms with Gasteiger partial charge >= 0.3 is 5.97 Å². The van der Waals surface area contributed by atoms with Gasteiger partial charge in [0.2, 0.25) is 11.8 Å². The van der Waals surface area contributed by atoms with Crippen molar-refractivity contribution >= 4 is 17.8 Å². The molecule has 0 radical (unpaired) electrons. The summed E-state index contributed by atoms with van der Waals surface area (Å²) in [6.45, 7) is 2.17. The molecule has 0 spiro atoms. The van der Waals surface area contributed by atoms with Crippen LogP contribution in [0, 0.1) is 5.82 Å². The van der Waals surface area contributed by atoms with E-state index in [1.807, 2.05) is 0 Å². The van der Waals surface area contributed by atoms with Crippen LogP contribution in [-0.2, 0) is 25.5 Å². The van der Waals surface area contributed by atoms with Gasteiger partial charge in [0.1, 0.15) is 5.82 Å². The molecular weight excluding hydrogens is 339 g/mol. The molecule has 7 heteroatoms. The summed E-state index contributed by atoms with van der Waals surface area (Å²) < 4.78 is 17.5. The third kappa shape index (κ3) is 6.13. The molecule has 0 unspecified atom stereocenters. The predicted octanol–water partition coefficient (Wildman–Crippen LogP) is 1.77. The highest BCUT2D eigenvalue weighted by atomic mass is 19.1. The van der Waals surface area contributed by atoms with E-state index in [9.17, 15) is 18.8 Å². The van der Waals surface area contributed by atoms with Crippen LogP contribution in [0.1, 0.15) is 31.2 Å². The molecule has 1 fully saturated rings. The Hall–Kier alpha value is -2.44. The number of rotatable bonds is 6. The molecule has 6 nitrogen and oxygen atoms in total. The second-order valence-corrected chi connectivity index (χ2v) is 6.32. The van der Waals surface area contributed by atoms with Crippen molar-refractivity contribution in [1.82, 2.24) is 9.80 Å². The number of hydrogen-bond donors (Lipinski definition) is 0. The lowest BCUT2D eigenvalue weighted by Crippen LogP contribution is -2.37. The normalized spacial score (nSPS) is 14.7. The van der Waals surface area contributed by atoms with E-state index in [2.05, 4.69) is 4.74 Å². The average Bonchev–Trinajstić information content (AvgIpc) is 2.91. The first kappa shape index (κ1) is 19.9. The molecule has 1 aromatic rings. The van der Waals surface area contributed by atoms with Crippen LogP contribution in [0.25, 0.3) is 0 Å². The second kappa shape index (κ2) is 9.89. The Kier molecular flexibility index (Phi) is 7.56. The van der Waals surface area contributed by atoms with E-state index < -0.39 is 5.97 Å². The van der Waals surface area contributed by atoms with Crippen LogP contribution in [0.4, 0.5) is 4.39 Å². The van der Waals surface area contributed by atoms with Crippen molar-refractivity contribution in [2.75, 3.05) is 33.3 Å². The summed E-state index contributed by atoms with van der Waals surface area (Å²) in [6.07, 6.45) is 1.85. The number of carbonyl (C=O) groups excluding carboxylic acids is 3. The largest absolute Gasteiger partial charge is 0.469 e. The van der Waals surface area contributed by atoms with Crippen molar-refractivity contribution < 1.29 is 23.5 Å². The number of esters is 1. The summed E-state index contributed by atoms with van der Waals surface area (Å²) in [4.78, 5) is 39.2. The summed E-state index contributed by atoms with van der Waals surface area (Å²) in [5.74, 6) is -0.732. The van der Waals surface area contributed by atoms with Gasteiger partial charge in [0.15, 0.2) is 0 Å². The number of nitrogens with zero attached hydrogens (tertiary/aromatic N) is 2. The van der Waals surface area contributed by atoms with Crippen molar-refractivity contribution in [3.8, 4) is 0 Å². The number of halogens is 1. The predicted molar refractivity (Wildman–Crippen MR) is 93.7 cm³/mol. The highest BCUT2D eigenvalue weighted by Crippen LogP contribution is 2.10. The molecule has 142 valence electrons. The number of aryl methyl sites for hydroxylation is 1. The van der Waals surface area contributed by atoms with Gasteiger partial charge in [0, 0.05) is 39.0 Å². The topological polar surface area (TPSA) is 66.9 Å². The highest BCUT2D eigenvalue weighted by molar-refractivity contribution is 5.81. The quantitative estimate of drug-likeness (QED) is 0.722. The van der Waals surface area contributed by atoms with E-state index in [0.717, 1.165) is 5.56 Å². The van der Waals surface area contributed by atoms with Crippen LogP contribution in [-0.4, -0.2) is 60.9 Å². The zero-order chi connectivity index (χ0) is 18.9. The van der Waals surface area contributed by atoms with Gasteiger partial charge in [-0.1, -0.05) is 12.1 Å². The lowest BCUT2D eigenvalue weighted by molar-refractivity contribution is -0.143. The molecule has 1 heterocycles. The minimum atomic E-state index is -0.397. The zero-order valence-corrected chi connectivity index (χ0v) is 15.1. The standard InChI is InChI=1S/C19H25FN2O4/c1-26-19(25)10-9-18(24)22-12-2-11-21(13-14-22)17(23)8-5-15-3-6-16(20)7-4-15/h3-4,6-7H,2,5,8-14H2,1H3. The van der Waals surface area contributed by atoms with Crippen LogP contribution in [0.2, 0.25) is 0 Å². The van der Waals surface area contributed by atoms with Crippen molar-refractivity contribution in [3.05, 3.63) is 35.6 Å². The van der Waals surface area contributed by atoms with Gasteiger partial charge in [0.05, 0.1) is 13.5 Å². The molecule has 0 saturated carbocycles. The van der Waals surface area contributed by atoms with E-state index >= 15 is 0 Å². The Morgan fingerprint density at radius 2 is 1.50 bits per heavy atom. The molecule has 26 heavy (non-hydrogen) atoms. The van der Waals surface area contributed by atoms with E-state index in [1.54, 1.807) is 21.9 Å². The molecule has 1 aromatic carbocycles. The molecule has 2 amide bonds.